The molecule has 1 aliphatic rings. The first kappa shape index (κ1) is 12.3. The summed E-state index contributed by atoms with van der Waals surface area (Å²) >= 11 is 0. The summed E-state index contributed by atoms with van der Waals surface area (Å²) in [6.45, 7) is 0.310. The topological polar surface area (TPSA) is 69.6 Å². The fourth-order valence-electron chi connectivity index (χ4n) is 1.90. The van der Waals surface area contributed by atoms with Crippen molar-refractivity contribution >= 4 is 17.6 Å². The smallest absolute Gasteiger partial charge is 0.310 e. The van der Waals surface area contributed by atoms with E-state index in [2.05, 4.69) is 5.32 Å². The van der Waals surface area contributed by atoms with Gasteiger partial charge in [0.2, 0.25) is 5.91 Å². The molecule has 0 radical (unpaired) electrons. The van der Waals surface area contributed by atoms with Crippen molar-refractivity contribution in [3.05, 3.63) is 30.1 Å². The summed E-state index contributed by atoms with van der Waals surface area (Å²) in [4.78, 5) is 24.1. The van der Waals surface area contributed by atoms with Gasteiger partial charge in [-0.05, 0) is 18.2 Å². The average molecular weight is 252 g/mol. The van der Waals surface area contributed by atoms with Gasteiger partial charge >= 0.3 is 5.97 Å². The second-order valence-corrected chi connectivity index (χ2v) is 4.20. The molecule has 1 unspecified atom stereocenters. The normalized spacial score (nSPS) is 20.2. The lowest BCUT2D eigenvalue weighted by molar-refractivity contribution is -0.141. The van der Waals surface area contributed by atoms with Crippen LogP contribution in [0.2, 0.25) is 0 Å². The predicted molar refractivity (Wildman–Crippen MR) is 62.7 cm³/mol. The van der Waals surface area contributed by atoms with Crippen molar-refractivity contribution in [1.29, 1.82) is 0 Å². The van der Waals surface area contributed by atoms with Gasteiger partial charge in [-0.2, -0.15) is 0 Å². The number of amides is 1. The summed E-state index contributed by atoms with van der Waals surface area (Å²) in [5, 5.41) is 11.6. The maximum atomic E-state index is 13.1. The van der Waals surface area contributed by atoms with Gasteiger partial charge in [-0.3, -0.25) is 9.59 Å². The maximum Gasteiger partial charge on any atom is 0.310 e. The zero-order valence-corrected chi connectivity index (χ0v) is 9.60. The van der Waals surface area contributed by atoms with E-state index in [9.17, 15) is 14.0 Å². The Hall–Kier alpha value is -2.11. The minimum Gasteiger partial charge on any atom is -0.481 e. The Balaban J connectivity index is 2.24. The highest BCUT2D eigenvalue weighted by atomic mass is 19.1. The first-order valence-electron chi connectivity index (χ1n) is 5.56. The standard InChI is InChI=1S/C12H13FN2O3/c13-9-2-1-3-10(4-9)15-6-8(12(17)18)5-14-11(16)7-15/h1-4,8H,5-7H2,(H,14,16)(H,17,18). The number of nitrogens with zero attached hydrogens (tertiary/aromatic N) is 1. The number of benzene rings is 1. The van der Waals surface area contributed by atoms with Gasteiger partial charge in [0.1, 0.15) is 5.82 Å². The van der Waals surface area contributed by atoms with E-state index in [1.807, 2.05) is 0 Å². The van der Waals surface area contributed by atoms with Crippen LogP contribution in [0.4, 0.5) is 10.1 Å². The minimum atomic E-state index is -0.974. The number of halogens is 1. The molecule has 6 heteroatoms. The third kappa shape index (κ3) is 2.77. The molecule has 2 rings (SSSR count). The van der Waals surface area contributed by atoms with Gasteiger partial charge in [-0.1, -0.05) is 6.07 Å². The van der Waals surface area contributed by atoms with E-state index >= 15 is 0 Å². The van der Waals surface area contributed by atoms with Gasteiger partial charge in [0.05, 0.1) is 12.5 Å². The van der Waals surface area contributed by atoms with Crippen LogP contribution in [-0.4, -0.2) is 36.6 Å². The Labute approximate surface area is 103 Å². The summed E-state index contributed by atoms with van der Waals surface area (Å²) in [5.74, 6) is -2.34. The lowest BCUT2D eigenvalue weighted by atomic mass is 10.1. The molecule has 1 saturated heterocycles. The summed E-state index contributed by atoms with van der Waals surface area (Å²) in [6, 6.07) is 5.78. The van der Waals surface area contributed by atoms with E-state index in [0.717, 1.165) is 0 Å². The molecule has 18 heavy (non-hydrogen) atoms. The van der Waals surface area contributed by atoms with E-state index in [4.69, 9.17) is 5.11 Å². The molecule has 1 amide bonds. The van der Waals surface area contributed by atoms with Crippen LogP contribution in [0.1, 0.15) is 0 Å². The molecule has 1 aromatic rings. The third-order valence-corrected chi connectivity index (χ3v) is 2.84. The van der Waals surface area contributed by atoms with E-state index < -0.39 is 17.7 Å². The number of carbonyl (C=O) groups excluding carboxylic acids is 1. The number of carboxylic acid groups (broad SMARTS) is 1. The lowest BCUT2D eigenvalue weighted by Gasteiger charge is -2.23. The second kappa shape index (κ2) is 5.03. The van der Waals surface area contributed by atoms with Crippen molar-refractivity contribution in [2.24, 2.45) is 5.92 Å². The van der Waals surface area contributed by atoms with E-state index in [1.165, 1.54) is 18.2 Å². The predicted octanol–water partition coefficient (Wildman–Crippen LogP) is 0.463. The van der Waals surface area contributed by atoms with Crippen molar-refractivity contribution in [1.82, 2.24) is 5.32 Å². The Morgan fingerprint density at radius 1 is 1.50 bits per heavy atom. The molecule has 1 fully saturated rings. The zero-order valence-electron chi connectivity index (χ0n) is 9.60. The van der Waals surface area contributed by atoms with E-state index in [0.29, 0.717) is 5.69 Å². The van der Waals surface area contributed by atoms with E-state index in [-0.39, 0.29) is 25.5 Å². The fourth-order valence-corrected chi connectivity index (χ4v) is 1.90. The highest BCUT2D eigenvalue weighted by Gasteiger charge is 2.26. The Bertz CT molecular complexity index is 478. The van der Waals surface area contributed by atoms with Gasteiger partial charge in [0, 0.05) is 18.8 Å². The van der Waals surface area contributed by atoms with Gasteiger partial charge in [0.25, 0.3) is 0 Å². The number of rotatable bonds is 2. The van der Waals surface area contributed by atoms with Gasteiger partial charge < -0.3 is 15.3 Å². The maximum absolute atomic E-state index is 13.1. The van der Waals surface area contributed by atoms with Crippen LogP contribution in [0.25, 0.3) is 0 Å². The number of anilines is 1. The number of carbonyl (C=O) groups is 2. The minimum absolute atomic E-state index is 0.0350. The fraction of sp³-hybridized carbons (Fsp3) is 0.333. The number of nitrogens with one attached hydrogen (secondary N) is 1. The third-order valence-electron chi connectivity index (χ3n) is 2.84. The molecule has 1 heterocycles. The molecular formula is C12H13FN2O3. The largest absolute Gasteiger partial charge is 0.481 e. The van der Waals surface area contributed by atoms with Crippen LogP contribution < -0.4 is 10.2 Å². The van der Waals surface area contributed by atoms with Crippen LogP contribution in [0, 0.1) is 11.7 Å². The lowest BCUT2D eigenvalue weighted by Crippen LogP contribution is -2.34. The Morgan fingerprint density at radius 3 is 2.94 bits per heavy atom. The quantitative estimate of drug-likeness (QED) is 0.802. The van der Waals surface area contributed by atoms with Crippen LogP contribution in [0.5, 0.6) is 0 Å². The van der Waals surface area contributed by atoms with Crippen molar-refractivity contribution in [3.63, 3.8) is 0 Å². The number of carboxylic acids is 1. The molecule has 1 aromatic carbocycles. The van der Waals surface area contributed by atoms with Crippen LogP contribution in [-0.2, 0) is 9.59 Å². The summed E-state index contributed by atoms with van der Waals surface area (Å²) in [6.07, 6.45) is 0. The van der Waals surface area contributed by atoms with Gasteiger partial charge in [-0.15, -0.1) is 0 Å². The molecular weight excluding hydrogens is 239 g/mol. The van der Waals surface area contributed by atoms with Crippen LogP contribution in [0.3, 0.4) is 0 Å². The zero-order chi connectivity index (χ0) is 13.1. The molecule has 1 atom stereocenters. The molecule has 0 bridgehead atoms. The van der Waals surface area contributed by atoms with Gasteiger partial charge in [-0.25, -0.2) is 4.39 Å². The molecule has 1 aliphatic heterocycles. The SMILES string of the molecule is O=C1CN(c2cccc(F)c2)CC(C(=O)O)CN1. The number of aliphatic carboxylic acids is 1. The van der Waals surface area contributed by atoms with Crippen LogP contribution in [0.15, 0.2) is 24.3 Å². The Kier molecular flexibility index (Phi) is 3.45. The summed E-state index contributed by atoms with van der Waals surface area (Å²) in [5.41, 5.74) is 0.512. The molecule has 96 valence electrons. The highest BCUT2D eigenvalue weighted by molar-refractivity contribution is 5.83. The molecule has 0 aromatic heterocycles. The first-order chi connectivity index (χ1) is 8.56. The molecule has 0 spiro atoms. The molecule has 0 saturated carbocycles. The summed E-state index contributed by atoms with van der Waals surface area (Å²) in [7, 11) is 0. The monoisotopic (exact) mass is 252 g/mol. The van der Waals surface area contributed by atoms with Crippen molar-refractivity contribution < 1.29 is 19.1 Å². The second-order valence-electron chi connectivity index (χ2n) is 4.20. The van der Waals surface area contributed by atoms with Crippen molar-refractivity contribution in [3.8, 4) is 0 Å². The van der Waals surface area contributed by atoms with Crippen molar-refractivity contribution in [2.75, 3.05) is 24.5 Å². The van der Waals surface area contributed by atoms with Crippen molar-refractivity contribution in [2.45, 2.75) is 0 Å². The first-order valence-corrected chi connectivity index (χ1v) is 5.56. The Morgan fingerprint density at radius 2 is 2.28 bits per heavy atom. The highest BCUT2D eigenvalue weighted by Crippen LogP contribution is 2.18. The molecule has 2 N–H and O–H groups in total. The van der Waals surface area contributed by atoms with Crippen LogP contribution >= 0.6 is 0 Å². The average Bonchev–Trinajstić information content (AvgIpc) is 2.51. The molecule has 5 nitrogen and oxygen atoms in total. The van der Waals surface area contributed by atoms with Gasteiger partial charge in [0.15, 0.2) is 0 Å². The molecule has 0 aliphatic carbocycles. The summed E-state index contributed by atoms with van der Waals surface area (Å²) < 4.78 is 13.1. The number of hydrogen-bond donors (Lipinski definition) is 2. The number of hydrogen-bond acceptors (Lipinski definition) is 3. The van der Waals surface area contributed by atoms with E-state index in [1.54, 1.807) is 11.0 Å².